The summed E-state index contributed by atoms with van der Waals surface area (Å²) >= 11 is 0. The van der Waals surface area contributed by atoms with E-state index in [1.165, 1.54) is 0 Å². The fourth-order valence-corrected chi connectivity index (χ4v) is 4.55. The largest absolute Gasteiger partial charge is 0.253 e. The van der Waals surface area contributed by atoms with Gasteiger partial charge in [-0.2, -0.15) is 0 Å². The van der Waals surface area contributed by atoms with Crippen LogP contribution in [0.25, 0.3) is 68.5 Å². The summed E-state index contributed by atoms with van der Waals surface area (Å²) in [4.78, 5) is 33.6. The first-order valence-corrected chi connectivity index (χ1v) is 13.5. The molecule has 4 aromatic carbocycles. The molecule has 0 fully saturated rings. The summed E-state index contributed by atoms with van der Waals surface area (Å²) < 4.78 is 0. The molecule has 0 aliphatic carbocycles. The molecule has 0 N–H and O–H groups in total. The molecule has 0 bridgehead atoms. The lowest BCUT2D eigenvalue weighted by Gasteiger charge is -2.10. The molecule has 198 valence electrons. The fraction of sp³-hybridized carbons (Fsp3) is 0. The highest BCUT2D eigenvalue weighted by Crippen LogP contribution is 2.28. The molecule has 7 aromatic rings. The van der Waals surface area contributed by atoms with Gasteiger partial charge in [-0.05, 0) is 12.1 Å². The lowest BCUT2D eigenvalue weighted by atomic mass is 10.1. The van der Waals surface area contributed by atoms with E-state index in [1.54, 1.807) is 6.20 Å². The second kappa shape index (κ2) is 11.3. The summed E-state index contributed by atoms with van der Waals surface area (Å²) in [6, 6.07) is 43.4. The van der Waals surface area contributed by atoms with Crippen molar-refractivity contribution in [2.45, 2.75) is 0 Å². The predicted molar refractivity (Wildman–Crippen MR) is 164 cm³/mol. The van der Waals surface area contributed by atoms with Crippen molar-refractivity contribution in [3.63, 3.8) is 0 Å². The Bertz CT molecular complexity index is 1710. The number of nitrogens with zero attached hydrogens (tertiary/aromatic N) is 7. The first-order chi connectivity index (χ1) is 20.8. The SMILES string of the molecule is c1ccc(-c2nc(-c3ccccc3)nc(-c3ccnc(-c4nc(-c5ccccc5)nc(-c5ccccc5)n4)c3)n2)cc1. The van der Waals surface area contributed by atoms with Crippen molar-refractivity contribution in [3.05, 3.63) is 140 Å². The lowest BCUT2D eigenvalue weighted by molar-refractivity contribution is 1.05. The van der Waals surface area contributed by atoms with Gasteiger partial charge in [0.1, 0.15) is 5.69 Å². The first-order valence-electron chi connectivity index (χ1n) is 13.5. The Morgan fingerprint density at radius 2 is 0.595 bits per heavy atom. The molecule has 0 aliphatic heterocycles. The molecule has 0 amide bonds. The quantitative estimate of drug-likeness (QED) is 0.216. The topological polar surface area (TPSA) is 90.2 Å². The molecule has 0 saturated heterocycles. The Hall–Kier alpha value is -5.95. The smallest absolute Gasteiger partial charge is 0.182 e. The maximum Gasteiger partial charge on any atom is 0.182 e. The highest BCUT2D eigenvalue weighted by molar-refractivity contribution is 5.70. The van der Waals surface area contributed by atoms with E-state index in [9.17, 15) is 0 Å². The number of pyridine rings is 1. The summed E-state index contributed by atoms with van der Waals surface area (Å²) in [7, 11) is 0. The third-order valence-corrected chi connectivity index (χ3v) is 6.65. The van der Waals surface area contributed by atoms with Crippen LogP contribution >= 0.6 is 0 Å². The van der Waals surface area contributed by atoms with E-state index in [0.29, 0.717) is 40.6 Å². The van der Waals surface area contributed by atoms with Crippen LogP contribution in [0, 0.1) is 0 Å². The van der Waals surface area contributed by atoms with Crippen LogP contribution in [0.4, 0.5) is 0 Å². The van der Waals surface area contributed by atoms with Gasteiger partial charge in [0.15, 0.2) is 34.9 Å². The molecule has 3 aromatic heterocycles. The molecule has 0 unspecified atom stereocenters. The zero-order valence-electron chi connectivity index (χ0n) is 22.4. The Kier molecular flexibility index (Phi) is 6.72. The van der Waals surface area contributed by atoms with Gasteiger partial charge in [0, 0.05) is 34.0 Å². The monoisotopic (exact) mass is 541 g/mol. The molecule has 0 aliphatic rings. The number of benzene rings is 4. The van der Waals surface area contributed by atoms with Crippen molar-refractivity contribution >= 4 is 0 Å². The van der Waals surface area contributed by atoms with Crippen LogP contribution in [0.5, 0.6) is 0 Å². The minimum Gasteiger partial charge on any atom is -0.253 e. The standard InChI is InChI=1S/C35H23N7/c1-5-13-24(14-6-1)30-37-31(25-15-7-2-8-16-25)40-34(39-30)28-21-22-36-29(23-28)35-41-32(26-17-9-3-10-18-26)38-33(42-35)27-19-11-4-12-20-27/h1-23H. The maximum absolute atomic E-state index is 4.86. The zero-order valence-corrected chi connectivity index (χ0v) is 22.4. The molecule has 0 atom stereocenters. The van der Waals surface area contributed by atoms with Crippen molar-refractivity contribution in [1.29, 1.82) is 0 Å². The highest BCUT2D eigenvalue weighted by Gasteiger charge is 2.16. The van der Waals surface area contributed by atoms with Crippen LogP contribution in [0.2, 0.25) is 0 Å². The number of rotatable bonds is 6. The van der Waals surface area contributed by atoms with Crippen LogP contribution in [-0.4, -0.2) is 34.9 Å². The molecule has 0 saturated carbocycles. The van der Waals surface area contributed by atoms with Crippen LogP contribution in [0.15, 0.2) is 140 Å². The Labute approximate surface area is 242 Å². The average molecular weight is 542 g/mol. The number of hydrogen-bond acceptors (Lipinski definition) is 7. The summed E-state index contributed by atoms with van der Waals surface area (Å²) in [6.07, 6.45) is 1.73. The van der Waals surface area contributed by atoms with Crippen LogP contribution in [0.1, 0.15) is 0 Å². The van der Waals surface area contributed by atoms with Gasteiger partial charge in [-0.25, -0.2) is 29.9 Å². The van der Waals surface area contributed by atoms with Gasteiger partial charge in [0.25, 0.3) is 0 Å². The minimum atomic E-state index is 0.463. The van der Waals surface area contributed by atoms with Crippen LogP contribution in [-0.2, 0) is 0 Å². The summed E-state index contributed by atoms with van der Waals surface area (Å²) in [5.74, 6) is 3.33. The molecular weight excluding hydrogens is 518 g/mol. The van der Waals surface area contributed by atoms with E-state index in [2.05, 4.69) is 4.98 Å². The molecule has 42 heavy (non-hydrogen) atoms. The molecule has 7 nitrogen and oxygen atoms in total. The third kappa shape index (κ3) is 5.26. The van der Waals surface area contributed by atoms with Gasteiger partial charge in [0.05, 0.1) is 0 Å². The van der Waals surface area contributed by atoms with Crippen LogP contribution in [0.3, 0.4) is 0 Å². The van der Waals surface area contributed by atoms with Gasteiger partial charge < -0.3 is 0 Å². The summed E-state index contributed by atoms with van der Waals surface area (Å²) in [5.41, 5.74) is 4.97. The molecular formula is C35H23N7. The van der Waals surface area contributed by atoms with E-state index in [4.69, 9.17) is 29.9 Å². The van der Waals surface area contributed by atoms with Gasteiger partial charge in [-0.15, -0.1) is 0 Å². The number of aromatic nitrogens is 7. The van der Waals surface area contributed by atoms with E-state index in [0.717, 1.165) is 27.8 Å². The second-order valence-electron chi connectivity index (χ2n) is 9.51. The van der Waals surface area contributed by atoms with Crippen molar-refractivity contribution < 1.29 is 0 Å². The van der Waals surface area contributed by atoms with Crippen molar-refractivity contribution in [2.24, 2.45) is 0 Å². The van der Waals surface area contributed by atoms with Crippen molar-refractivity contribution in [3.8, 4) is 68.5 Å². The van der Waals surface area contributed by atoms with Gasteiger partial charge in [-0.3, -0.25) is 4.98 Å². The highest BCUT2D eigenvalue weighted by atomic mass is 15.1. The first kappa shape index (κ1) is 25.0. The van der Waals surface area contributed by atoms with Gasteiger partial charge in [-0.1, -0.05) is 121 Å². The van der Waals surface area contributed by atoms with E-state index in [-0.39, 0.29) is 0 Å². The normalized spacial score (nSPS) is 10.9. The third-order valence-electron chi connectivity index (χ3n) is 6.65. The van der Waals surface area contributed by atoms with Gasteiger partial charge in [0.2, 0.25) is 0 Å². The summed E-state index contributed by atoms with van der Waals surface area (Å²) in [5, 5.41) is 0. The summed E-state index contributed by atoms with van der Waals surface area (Å²) in [6.45, 7) is 0. The Morgan fingerprint density at radius 3 is 0.952 bits per heavy atom. The fourth-order valence-electron chi connectivity index (χ4n) is 4.55. The molecule has 0 radical (unpaired) electrons. The Morgan fingerprint density at radius 1 is 0.286 bits per heavy atom. The second-order valence-corrected chi connectivity index (χ2v) is 9.51. The van der Waals surface area contributed by atoms with Crippen LogP contribution < -0.4 is 0 Å². The lowest BCUT2D eigenvalue weighted by Crippen LogP contribution is -2.02. The van der Waals surface area contributed by atoms with Crippen molar-refractivity contribution in [2.75, 3.05) is 0 Å². The Balaban J connectivity index is 1.37. The van der Waals surface area contributed by atoms with E-state index >= 15 is 0 Å². The average Bonchev–Trinajstić information content (AvgIpc) is 3.09. The molecule has 3 heterocycles. The zero-order chi connectivity index (χ0) is 28.1. The van der Waals surface area contributed by atoms with Crippen molar-refractivity contribution in [1.82, 2.24) is 34.9 Å². The van der Waals surface area contributed by atoms with Gasteiger partial charge >= 0.3 is 0 Å². The minimum absolute atomic E-state index is 0.463. The predicted octanol–water partition coefficient (Wildman–Crippen LogP) is 7.45. The number of hydrogen-bond donors (Lipinski definition) is 0. The molecule has 7 heteroatoms. The molecule has 7 rings (SSSR count). The maximum atomic E-state index is 4.86. The van der Waals surface area contributed by atoms with E-state index in [1.807, 2.05) is 133 Å². The molecule has 0 spiro atoms. The van der Waals surface area contributed by atoms with E-state index < -0.39 is 0 Å².